The fourth-order valence-electron chi connectivity index (χ4n) is 2.95. The number of nitrogen functional groups attached to an aromatic ring is 1. The quantitative estimate of drug-likeness (QED) is 0.474. The predicted molar refractivity (Wildman–Crippen MR) is 103 cm³/mol. The maximum Gasteiger partial charge on any atom is 0.295 e. The first-order valence-corrected chi connectivity index (χ1v) is 8.80. The topological polar surface area (TPSA) is 84.9 Å². The fourth-order valence-corrected chi connectivity index (χ4v) is 3.07. The molecule has 0 amide bonds. The zero-order valence-corrected chi connectivity index (χ0v) is 15.1. The first-order valence-electron chi connectivity index (χ1n) is 8.42. The lowest BCUT2D eigenvalue weighted by Gasteiger charge is -2.36. The second-order valence-electron chi connectivity index (χ2n) is 6.13. The van der Waals surface area contributed by atoms with E-state index in [0.29, 0.717) is 12.4 Å². The molecule has 7 nitrogen and oxygen atoms in total. The third kappa shape index (κ3) is 4.56. The molecule has 1 saturated heterocycles. The summed E-state index contributed by atoms with van der Waals surface area (Å²) in [5, 5.41) is 11.7. The van der Waals surface area contributed by atoms with E-state index < -0.39 is 4.92 Å². The minimum absolute atomic E-state index is 0.126. The molecule has 1 aliphatic rings. The summed E-state index contributed by atoms with van der Waals surface area (Å²) in [6.07, 6.45) is 0. The molecule has 0 aromatic heterocycles. The first kappa shape index (κ1) is 18.3. The van der Waals surface area contributed by atoms with Crippen molar-refractivity contribution in [2.24, 2.45) is 0 Å². The molecule has 138 valence electrons. The van der Waals surface area contributed by atoms with Crippen LogP contribution in [0.15, 0.2) is 42.5 Å². The van der Waals surface area contributed by atoms with E-state index in [9.17, 15) is 10.1 Å². The Morgan fingerprint density at radius 1 is 1.12 bits per heavy atom. The number of nitrogens with two attached hydrogens (primary N) is 1. The third-order valence-electron chi connectivity index (χ3n) is 4.44. The van der Waals surface area contributed by atoms with Crippen LogP contribution >= 0.6 is 11.6 Å². The summed E-state index contributed by atoms with van der Waals surface area (Å²) in [7, 11) is 0. The molecule has 26 heavy (non-hydrogen) atoms. The van der Waals surface area contributed by atoms with Crippen LogP contribution in [0.3, 0.4) is 0 Å². The zero-order chi connectivity index (χ0) is 18.5. The van der Waals surface area contributed by atoms with Crippen molar-refractivity contribution in [2.75, 3.05) is 50.0 Å². The summed E-state index contributed by atoms with van der Waals surface area (Å²) in [4.78, 5) is 15.1. The van der Waals surface area contributed by atoms with Crippen molar-refractivity contribution in [3.05, 3.63) is 57.6 Å². The highest BCUT2D eigenvalue weighted by Gasteiger charge is 2.17. The van der Waals surface area contributed by atoms with Gasteiger partial charge in [0.2, 0.25) is 0 Å². The molecule has 0 atom stereocenters. The average Bonchev–Trinajstić information content (AvgIpc) is 2.64. The monoisotopic (exact) mass is 376 g/mol. The van der Waals surface area contributed by atoms with E-state index in [0.717, 1.165) is 37.7 Å². The van der Waals surface area contributed by atoms with Crippen molar-refractivity contribution in [3.63, 3.8) is 0 Å². The van der Waals surface area contributed by atoms with Crippen molar-refractivity contribution in [1.29, 1.82) is 0 Å². The second kappa shape index (κ2) is 8.25. The van der Waals surface area contributed by atoms with Crippen molar-refractivity contribution >= 4 is 28.7 Å². The molecule has 0 radical (unpaired) electrons. The third-order valence-corrected chi connectivity index (χ3v) is 4.69. The number of nitro groups is 1. The number of benzene rings is 2. The van der Waals surface area contributed by atoms with Crippen LogP contribution in [0.5, 0.6) is 5.75 Å². The van der Waals surface area contributed by atoms with Crippen molar-refractivity contribution in [3.8, 4) is 5.75 Å². The molecule has 0 aliphatic carbocycles. The molecule has 0 spiro atoms. The van der Waals surface area contributed by atoms with Crippen LogP contribution in [0, 0.1) is 10.1 Å². The number of nitrogens with zero attached hydrogens (tertiary/aromatic N) is 3. The Kier molecular flexibility index (Phi) is 5.80. The Hall–Kier alpha value is -2.51. The Labute approximate surface area is 157 Å². The summed E-state index contributed by atoms with van der Waals surface area (Å²) < 4.78 is 5.65. The number of hydrogen-bond acceptors (Lipinski definition) is 6. The molecule has 2 aromatic carbocycles. The molecule has 1 fully saturated rings. The lowest BCUT2D eigenvalue weighted by atomic mass is 10.2. The minimum atomic E-state index is -0.502. The van der Waals surface area contributed by atoms with E-state index in [1.165, 1.54) is 17.8 Å². The number of piperazine rings is 1. The number of rotatable bonds is 6. The van der Waals surface area contributed by atoms with Gasteiger partial charge in [0.05, 0.1) is 11.0 Å². The highest BCUT2D eigenvalue weighted by molar-refractivity contribution is 6.30. The SMILES string of the molecule is Nc1ccc(OCCN2CCN(c3ccc(Cl)cc3)CC2)cc1[N+](=O)[O-]. The Balaban J connectivity index is 1.45. The molecule has 2 N–H and O–H groups in total. The molecule has 2 aromatic rings. The van der Waals surface area contributed by atoms with E-state index in [1.807, 2.05) is 24.3 Å². The largest absolute Gasteiger partial charge is 0.492 e. The highest BCUT2D eigenvalue weighted by atomic mass is 35.5. The number of hydrogen-bond donors (Lipinski definition) is 1. The highest BCUT2D eigenvalue weighted by Crippen LogP contribution is 2.26. The van der Waals surface area contributed by atoms with Gasteiger partial charge < -0.3 is 15.4 Å². The van der Waals surface area contributed by atoms with E-state index in [4.69, 9.17) is 22.1 Å². The fraction of sp³-hybridized carbons (Fsp3) is 0.333. The van der Waals surface area contributed by atoms with Crippen LogP contribution in [0.1, 0.15) is 0 Å². The second-order valence-corrected chi connectivity index (χ2v) is 6.57. The lowest BCUT2D eigenvalue weighted by Crippen LogP contribution is -2.47. The number of nitro benzene ring substituents is 1. The predicted octanol–water partition coefficient (Wildman–Crippen LogP) is 3.03. The summed E-state index contributed by atoms with van der Waals surface area (Å²) in [5.74, 6) is 0.464. The maximum atomic E-state index is 10.9. The van der Waals surface area contributed by atoms with Crippen molar-refractivity contribution < 1.29 is 9.66 Å². The summed E-state index contributed by atoms with van der Waals surface area (Å²) in [6, 6.07) is 12.4. The van der Waals surface area contributed by atoms with Crippen LogP contribution in [0.2, 0.25) is 5.02 Å². The van der Waals surface area contributed by atoms with Gasteiger partial charge in [-0.2, -0.15) is 0 Å². The van der Waals surface area contributed by atoms with Gasteiger partial charge in [-0.1, -0.05) is 11.6 Å². The number of anilines is 2. The van der Waals surface area contributed by atoms with Crippen LogP contribution < -0.4 is 15.4 Å². The Bertz CT molecular complexity index is 762. The normalized spacial score (nSPS) is 15.0. The van der Waals surface area contributed by atoms with Crippen LogP contribution in [0.25, 0.3) is 0 Å². The van der Waals surface area contributed by atoms with Gasteiger partial charge in [0.25, 0.3) is 5.69 Å². The van der Waals surface area contributed by atoms with Crippen molar-refractivity contribution in [1.82, 2.24) is 4.90 Å². The Morgan fingerprint density at radius 2 is 1.81 bits per heavy atom. The van der Waals surface area contributed by atoms with Crippen LogP contribution in [-0.2, 0) is 0 Å². The molecule has 1 heterocycles. The maximum absolute atomic E-state index is 10.9. The van der Waals surface area contributed by atoms with Gasteiger partial charge in [0, 0.05) is 43.4 Å². The van der Waals surface area contributed by atoms with Gasteiger partial charge in [-0.25, -0.2) is 0 Å². The molecular formula is C18H21ClN4O3. The van der Waals surface area contributed by atoms with Crippen LogP contribution in [-0.4, -0.2) is 49.2 Å². The van der Waals surface area contributed by atoms with Gasteiger partial charge in [0.15, 0.2) is 0 Å². The zero-order valence-electron chi connectivity index (χ0n) is 14.3. The molecule has 0 saturated carbocycles. The van der Waals surface area contributed by atoms with Gasteiger partial charge in [-0.05, 0) is 36.4 Å². The Morgan fingerprint density at radius 3 is 2.46 bits per heavy atom. The smallest absolute Gasteiger partial charge is 0.295 e. The molecule has 0 unspecified atom stereocenters. The minimum Gasteiger partial charge on any atom is -0.492 e. The van der Waals surface area contributed by atoms with Gasteiger partial charge in [-0.3, -0.25) is 15.0 Å². The van der Waals surface area contributed by atoms with Crippen LogP contribution in [0.4, 0.5) is 17.1 Å². The molecule has 0 bridgehead atoms. The average molecular weight is 377 g/mol. The van der Waals surface area contributed by atoms with E-state index >= 15 is 0 Å². The summed E-state index contributed by atoms with van der Waals surface area (Å²) in [6.45, 7) is 5.00. The summed E-state index contributed by atoms with van der Waals surface area (Å²) in [5.41, 5.74) is 6.78. The van der Waals surface area contributed by atoms with E-state index in [2.05, 4.69) is 9.80 Å². The lowest BCUT2D eigenvalue weighted by molar-refractivity contribution is -0.384. The molecular weight excluding hydrogens is 356 g/mol. The first-order chi connectivity index (χ1) is 12.5. The molecule has 8 heteroatoms. The number of ether oxygens (including phenoxy) is 1. The van der Waals surface area contributed by atoms with E-state index in [-0.39, 0.29) is 11.4 Å². The number of halogens is 1. The summed E-state index contributed by atoms with van der Waals surface area (Å²) >= 11 is 5.93. The van der Waals surface area contributed by atoms with Gasteiger partial charge >= 0.3 is 0 Å². The van der Waals surface area contributed by atoms with Gasteiger partial charge in [0.1, 0.15) is 18.0 Å². The standard InChI is InChI=1S/C18H21ClN4O3/c19-14-1-3-15(4-2-14)22-9-7-21(8-10-22)11-12-26-16-5-6-17(20)18(13-16)23(24)25/h1-6,13H,7-12,20H2. The van der Waals surface area contributed by atoms with E-state index in [1.54, 1.807) is 6.07 Å². The van der Waals surface area contributed by atoms with Crippen molar-refractivity contribution in [2.45, 2.75) is 0 Å². The molecule has 1 aliphatic heterocycles. The molecule has 3 rings (SSSR count). The van der Waals surface area contributed by atoms with Gasteiger partial charge in [-0.15, -0.1) is 0 Å².